The molecule has 0 saturated carbocycles. The van der Waals surface area contributed by atoms with Gasteiger partial charge in [-0.25, -0.2) is 9.78 Å². The zero-order valence-corrected chi connectivity index (χ0v) is 10.5. The van der Waals surface area contributed by atoms with Gasteiger partial charge >= 0.3 is 6.09 Å². The Balaban J connectivity index is 1.97. The van der Waals surface area contributed by atoms with Crippen molar-refractivity contribution >= 4 is 17.1 Å². The van der Waals surface area contributed by atoms with E-state index in [-0.39, 0.29) is 0 Å². The van der Waals surface area contributed by atoms with Crippen molar-refractivity contribution in [2.24, 2.45) is 5.73 Å². The predicted molar refractivity (Wildman–Crippen MR) is 71.1 cm³/mol. The van der Waals surface area contributed by atoms with Crippen molar-refractivity contribution in [2.45, 2.75) is 18.8 Å². The SMILES string of the molecule is NC(=O)Oc1cccc2[nH]c(C3CCNCC3)nc12. The summed E-state index contributed by atoms with van der Waals surface area (Å²) in [6, 6.07) is 5.42. The van der Waals surface area contributed by atoms with Crippen LogP contribution < -0.4 is 15.8 Å². The number of para-hydroxylation sites is 1. The number of aromatic nitrogens is 2. The van der Waals surface area contributed by atoms with Crippen molar-refractivity contribution in [1.29, 1.82) is 0 Å². The molecule has 0 aliphatic carbocycles. The van der Waals surface area contributed by atoms with E-state index in [0.29, 0.717) is 17.2 Å². The van der Waals surface area contributed by atoms with Gasteiger partial charge in [-0.3, -0.25) is 0 Å². The lowest BCUT2D eigenvalue weighted by Crippen LogP contribution is -2.27. The molecule has 0 spiro atoms. The van der Waals surface area contributed by atoms with Gasteiger partial charge in [0.2, 0.25) is 0 Å². The molecule has 0 atom stereocenters. The van der Waals surface area contributed by atoms with Gasteiger partial charge < -0.3 is 20.8 Å². The number of piperidine rings is 1. The Morgan fingerprint density at radius 3 is 2.89 bits per heavy atom. The molecule has 2 heterocycles. The molecule has 1 aromatic heterocycles. The highest BCUT2D eigenvalue weighted by molar-refractivity contribution is 5.84. The lowest BCUT2D eigenvalue weighted by molar-refractivity contribution is 0.211. The number of amides is 1. The largest absolute Gasteiger partial charge is 0.410 e. The van der Waals surface area contributed by atoms with E-state index in [9.17, 15) is 4.79 Å². The van der Waals surface area contributed by atoms with E-state index >= 15 is 0 Å². The van der Waals surface area contributed by atoms with Crippen molar-refractivity contribution < 1.29 is 9.53 Å². The van der Waals surface area contributed by atoms with E-state index < -0.39 is 6.09 Å². The number of aromatic amines is 1. The second-order valence-electron chi connectivity index (χ2n) is 4.72. The summed E-state index contributed by atoms with van der Waals surface area (Å²) in [7, 11) is 0. The molecule has 4 N–H and O–H groups in total. The second-order valence-corrected chi connectivity index (χ2v) is 4.72. The summed E-state index contributed by atoms with van der Waals surface area (Å²) < 4.78 is 4.97. The Morgan fingerprint density at radius 2 is 2.16 bits per heavy atom. The average Bonchev–Trinajstić information content (AvgIpc) is 2.84. The molecule has 1 amide bonds. The quantitative estimate of drug-likeness (QED) is 0.762. The average molecular weight is 260 g/mol. The number of fused-ring (bicyclic) bond motifs is 1. The Bertz CT molecular complexity index is 602. The Kier molecular flexibility index (Phi) is 3.08. The standard InChI is InChI=1S/C13H16N4O2/c14-13(18)19-10-3-1-2-9-11(10)17-12(16-9)8-4-6-15-7-5-8/h1-3,8,15H,4-7H2,(H2,14,18)(H,16,17). The summed E-state index contributed by atoms with van der Waals surface area (Å²) in [6.07, 6.45) is 1.30. The first kappa shape index (κ1) is 12.0. The number of carbonyl (C=O) groups is 1. The van der Waals surface area contributed by atoms with Gasteiger partial charge in [0.15, 0.2) is 5.75 Å². The smallest absolute Gasteiger partial charge is 0.408 e. The van der Waals surface area contributed by atoms with Gasteiger partial charge in [-0.15, -0.1) is 0 Å². The van der Waals surface area contributed by atoms with Gasteiger partial charge in [0.05, 0.1) is 5.52 Å². The molecule has 6 heteroatoms. The summed E-state index contributed by atoms with van der Waals surface area (Å²) in [5, 5.41) is 3.33. The molecular weight excluding hydrogens is 244 g/mol. The number of nitrogens with two attached hydrogens (primary N) is 1. The fourth-order valence-corrected chi connectivity index (χ4v) is 2.50. The van der Waals surface area contributed by atoms with Gasteiger partial charge in [-0.2, -0.15) is 0 Å². The number of H-pyrrole nitrogens is 1. The zero-order valence-electron chi connectivity index (χ0n) is 10.5. The fourth-order valence-electron chi connectivity index (χ4n) is 2.50. The fraction of sp³-hybridized carbons (Fsp3) is 0.385. The number of rotatable bonds is 2. The van der Waals surface area contributed by atoms with Crippen LogP contribution in [0, 0.1) is 0 Å². The maximum absolute atomic E-state index is 10.9. The van der Waals surface area contributed by atoms with Gasteiger partial charge in [-0.05, 0) is 38.1 Å². The number of benzene rings is 1. The third-order valence-corrected chi connectivity index (χ3v) is 3.43. The molecule has 1 fully saturated rings. The third-order valence-electron chi connectivity index (χ3n) is 3.43. The molecule has 0 bridgehead atoms. The minimum Gasteiger partial charge on any atom is -0.408 e. The van der Waals surface area contributed by atoms with E-state index in [1.165, 1.54) is 0 Å². The topological polar surface area (TPSA) is 93.0 Å². The van der Waals surface area contributed by atoms with E-state index in [1.807, 2.05) is 12.1 Å². The first-order chi connectivity index (χ1) is 9.24. The predicted octanol–water partition coefficient (Wildman–Crippen LogP) is 1.49. The van der Waals surface area contributed by atoms with Crippen LogP contribution in [0.2, 0.25) is 0 Å². The first-order valence-electron chi connectivity index (χ1n) is 6.40. The molecule has 0 unspecified atom stereocenters. The van der Waals surface area contributed by atoms with Crippen LogP contribution in [0.1, 0.15) is 24.6 Å². The normalized spacial score (nSPS) is 16.6. The van der Waals surface area contributed by atoms with E-state index in [0.717, 1.165) is 37.3 Å². The Morgan fingerprint density at radius 1 is 1.37 bits per heavy atom. The van der Waals surface area contributed by atoms with Crippen molar-refractivity contribution in [3.8, 4) is 5.75 Å². The van der Waals surface area contributed by atoms with Crippen LogP contribution in [0.4, 0.5) is 4.79 Å². The Labute approximate surface area is 110 Å². The Hall–Kier alpha value is -2.08. The van der Waals surface area contributed by atoms with Crippen LogP contribution in [0.25, 0.3) is 11.0 Å². The maximum atomic E-state index is 10.9. The van der Waals surface area contributed by atoms with Crippen molar-refractivity contribution in [2.75, 3.05) is 13.1 Å². The molecule has 1 saturated heterocycles. The molecule has 0 radical (unpaired) electrons. The number of nitrogens with zero attached hydrogens (tertiary/aromatic N) is 1. The van der Waals surface area contributed by atoms with Crippen LogP contribution in [0.3, 0.4) is 0 Å². The number of hydrogen-bond donors (Lipinski definition) is 3. The lowest BCUT2D eigenvalue weighted by Gasteiger charge is -2.20. The molecule has 1 aromatic carbocycles. The van der Waals surface area contributed by atoms with E-state index in [2.05, 4.69) is 15.3 Å². The van der Waals surface area contributed by atoms with Crippen LogP contribution in [-0.2, 0) is 0 Å². The van der Waals surface area contributed by atoms with Crippen LogP contribution in [0.15, 0.2) is 18.2 Å². The molecule has 2 aromatic rings. The summed E-state index contributed by atoms with van der Waals surface area (Å²) in [6.45, 7) is 2.01. The number of carbonyl (C=O) groups excluding carboxylic acids is 1. The number of imidazole rings is 1. The monoisotopic (exact) mass is 260 g/mol. The lowest BCUT2D eigenvalue weighted by atomic mass is 9.98. The van der Waals surface area contributed by atoms with Crippen LogP contribution in [-0.4, -0.2) is 29.2 Å². The molecule has 3 rings (SSSR count). The molecular formula is C13H16N4O2. The van der Waals surface area contributed by atoms with E-state index in [4.69, 9.17) is 10.5 Å². The van der Waals surface area contributed by atoms with Crippen molar-refractivity contribution in [3.05, 3.63) is 24.0 Å². The minimum atomic E-state index is -0.820. The summed E-state index contributed by atoms with van der Waals surface area (Å²) >= 11 is 0. The highest BCUT2D eigenvalue weighted by atomic mass is 16.5. The van der Waals surface area contributed by atoms with E-state index in [1.54, 1.807) is 6.07 Å². The maximum Gasteiger partial charge on any atom is 0.410 e. The number of hydrogen-bond acceptors (Lipinski definition) is 4. The summed E-state index contributed by atoms with van der Waals surface area (Å²) in [5.41, 5.74) is 6.59. The molecule has 6 nitrogen and oxygen atoms in total. The first-order valence-corrected chi connectivity index (χ1v) is 6.40. The van der Waals surface area contributed by atoms with Gasteiger partial charge in [0.1, 0.15) is 11.3 Å². The van der Waals surface area contributed by atoms with Gasteiger partial charge in [0.25, 0.3) is 0 Å². The molecule has 19 heavy (non-hydrogen) atoms. The molecule has 1 aliphatic rings. The molecule has 1 aliphatic heterocycles. The second kappa shape index (κ2) is 4.89. The minimum absolute atomic E-state index is 0.404. The highest BCUT2D eigenvalue weighted by Gasteiger charge is 2.19. The highest BCUT2D eigenvalue weighted by Crippen LogP contribution is 2.29. The van der Waals surface area contributed by atoms with Gasteiger partial charge in [-0.1, -0.05) is 6.07 Å². The summed E-state index contributed by atoms with van der Waals surface area (Å²) in [4.78, 5) is 18.8. The van der Waals surface area contributed by atoms with Gasteiger partial charge in [0, 0.05) is 5.92 Å². The molecule has 100 valence electrons. The van der Waals surface area contributed by atoms with Crippen LogP contribution >= 0.6 is 0 Å². The van der Waals surface area contributed by atoms with Crippen LogP contribution in [0.5, 0.6) is 5.75 Å². The van der Waals surface area contributed by atoms with Crippen molar-refractivity contribution in [1.82, 2.24) is 15.3 Å². The third kappa shape index (κ3) is 2.39. The number of primary amides is 1. The number of ether oxygens (including phenoxy) is 1. The number of nitrogens with one attached hydrogen (secondary N) is 2. The van der Waals surface area contributed by atoms with Crippen molar-refractivity contribution in [3.63, 3.8) is 0 Å². The zero-order chi connectivity index (χ0) is 13.2. The summed E-state index contributed by atoms with van der Waals surface area (Å²) in [5.74, 6) is 1.79.